The van der Waals surface area contributed by atoms with Crippen LogP contribution in [0.25, 0.3) is 6.08 Å². The predicted octanol–water partition coefficient (Wildman–Crippen LogP) is 3.85. The summed E-state index contributed by atoms with van der Waals surface area (Å²) in [6.45, 7) is 5.41. The summed E-state index contributed by atoms with van der Waals surface area (Å²) in [4.78, 5) is 40.5. The average molecular weight is 483 g/mol. The molecule has 2 aliphatic rings. The molecule has 1 N–H and O–H groups in total. The lowest BCUT2D eigenvalue weighted by Crippen LogP contribution is -2.45. The van der Waals surface area contributed by atoms with Crippen LogP contribution in [0.2, 0.25) is 0 Å². The van der Waals surface area contributed by atoms with Crippen molar-refractivity contribution in [2.75, 3.05) is 26.2 Å². The largest absolute Gasteiger partial charge is 0.503 e. The molecule has 156 valence electrons. The van der Waals surface area contributed by atoms with Crippen LogP contribution in [0.5, 0.6) is 11.5 Å². The Balaban J connectivity index is 1.74. The number of thioether (sulfide) groups is 1. The number of imide groups is 1. The topological polar surface area (TPSA) is 87.2 Å². The third-order valence-corrected chi connectivity index (χ3v) is 6.46. The van der Waals surface area contributed by atoms with Crippen molar-refractivity contribution >= 4 is 50.8 Å². The van der Waals surface area contributed by atoms with Gasteiger partial charge in [0, 0.05) is 13.1 Å². The van der Waals surface area contributed by atoms with Gasteiger partial charge < -0.3 is 14.7 Å². The number of aromatic hydroxyl groups is 1. The second kappa shape index (κ2) is 9.21. The van der Waals surface area contributed by atoms with E-state index in [2.05, 4.69) is 22.9 Å². The Morgan fingerprint density at radius 2 is 2.03 bits per heavy atom. The summed E-state index contributed by atoms with van der Waals surface area (Å²) >= 11 is 4.06. The summed E-state index contributed by atoms with van der Waals surface area (Å²) < 4.78 is 5.81. The molecule has 29 heavy (non-hydrogen) atoms. The van der Waals surface area contributed by atoms with Gasteiger partial charge in [0.1, 0.15) is 6.54 Å². The summed E-state index contributed by atoms with van der Waals surface area (Å²) in [6, 6.07) is 3.23. The van der Waals surface area contributed by atoms with Crippen molar-refractivity contribution in [2.24, 2.45) is 5.92 Å². The average Bonchev–Trinajstić information content (AvgIpc) is 2.93. The predicted molar refractivity (Wildman–Crippen MR) is 115 cm³/mol. The molecule has 0 aromatic heterocycles. The smallest absolute Gasteiger partial charge is 0.294 e. The fraction of sp³-hybridized carbons (Fsp3) is 0.450. The second-order valence-corrected chi connectivity index (χ2v) is 8.96. The van der Waals surface area contributed by atoms with Gasteiger partial charge in [-0.3, -0.25) is 19.3 Å². The molecule has 2 heterocycles. The molecule has 0 atom stereocenters. The van der Waals surface area contributed by atoms with Crippen LogP contribution in [0.3, 0.4) is 0 Å². The molecule has 0 unspecified atom stereocenters. The number of amides is 3. The van der Waals surface area contributed by atoms with Gasteiger partial charge in [0.25, 0.3) is 11.1 Å². The fourth-order valence-electron chi connectivity index (χ4n) is 3.22. The third-order valence-electron chi connectivity index (χ3n) is 4.95. The van der Waals surface area contributed by atoms with Crippen LogP contribution in [0.15, 0.2) is 21.5 Å². The van der Waals surface area contributed by atoms with Crippen molar-refractivity contribution < 1.29 is 24.2 Å². The first-order valence-corrected chi connectivity index (χ1v) is 11.1. The van der Waals surface area contributed by atoms with Gasteiger partial charge in [-0.2, -0.15) is 0 Å². The molecule has 0 aliphatic carbocycles. The first-order chi connectivity index (χ1) is 13.8. The molecule has 1 aromatic carbocycles. The van der Waals surface area contributed by atoms with Crippen molar-refractivity contribution in [3.05, 3.63) is 27.1 Å². The minimum atomic E-state index is -0.485. The highest BCUT2D eigenvalue weighted by Crippen LogP contribution is 2.38. The van der Waals surface area contributed by atoms with E-state index in [1.807, 2.05) is 0 Å². The maximum atomic E-state index is 12.7. The number of rotatable bonds is 5. The van der Waals surface area contributed by atoms with Crippen molar-refractivity contribution in [3.63, 3.8) is 0 Å². The lowest BCUT2D eigenvalue weighted by Gasteiger charge is -2.31. The van der Waals surface area contributed by atoms with E-state index in [1.54, 1.807) is 30.0 Å². The van der Waals surface area contributed by atoms with Crippen molar-refractivity contribution in [1.29, 1.82) is 0 Å². The highest BCUT2D eigenvalue weighted by Gasteiger charge is 2.37. The van der Waals surface area contributed by atoms with Crippen molar-refractivity contribution in [1.82, 2.24) is 9.80 Å². The van der Waals surface area contributed by atoms with Gasteiger partial charge in [0.15, 0.2) is 11.5 Å². The normalized spacial score (nSPS) is 19.3. The second-order valence-electron chi connectivity index (χ2n) is 7.11. The minimum Gasteiger partial charge on any atom is -0.503 e. The van der Waals surface area contributed by atoms with Gasteiger partial charge in [0.2, 0.25) is 5.91 Å². The molecule has 1 aromatic rings. The molecule has 0 bridgehead atoms. The summed E-state index contributed by atoms with van der Waals surface area (Å²) in [6.07, 6.45) is 3.43. The van der Waals surface area contributed by atoms with Gasteiger partial charge in [-0.05, 0) is 77.1 Å². The molecule has 3 amide bonds. The number of carbonyl (C=O) groups is 3. The van der Waals surface area contributed by atoms with Crippen LogP contribution in [0, 0.1) is 5.92 Å². The number of carbonyl (C=O) groups excluding carboxylic acids is 3. The molecule has 3 rings (SSSR count). The number of hydrogen-bond acceptors (Lipinski definition) is 6. The highest BCUT2D eigenvalue weighted by molar-refractivity contribution is 9.10. The van der Waals surface area contributed by atoms with Crippen LogP contribution in [0.4, 0.5) is 4.79 Å². The van der Waals surface area contributed by atoms with Crippen LogP contribution >= 0.6 is 27.7 Å². The maximum absolute atomic E-state index is 12.7. The summed E-state index contributed by atoms with van der Waals surface area (Å²) in [5.74, 6) is 0.151. The molecule has 2 aliphatic heterocycles. The van der Waals surface area contributed by atoms with E-state index in [4.69, 9.17) is 4.74 Å². The van der Waals surface area contributed by atoms with E-state index in [0.717, 1.165) is 29.5 Å². The van der Waals surface area contributed by atoms with Crippen molar-refractivity contribution in [3.8, 4) is 11.5 Å². The van der Waals surface area contributed by atoms with E-state index in [9.17, 15) is 19.5 Å². The van der Waals surface area contributed by atoms with Gasteiger partial charge in [-0.1, -0.05) is 6.92 Å². The molecule has 0 radical (unpaired) electrons. The van der Waals surface area contributed by atoms with Gasteiger partial charge in [-0.25, -0.2) is 0 Å². The van der Waals surface area contributed by atoms with E-state index in [-0.39, 0.29) is 28.9 Å². The molecule has 2 fully saturated rings. The standard InChI is InChI=1S/C20H23BrN2O5S/c1-3-28-15-9-13(8-14(21)18(15)25)10-16-19(26)23(20(27)29-16)11-17(24)22-6-4-12(2)5-7-22/h8-10,12,25H,3-7,11H2,1-2H3/b16-10+. The lowest BCUT2D eigenvalue weighted by molar-refractivity contribution is -0.136. The lowest BCUT2D eigenvalue weighted by atomic mass is 9.99. The molecule has 0 spiro atoms. The Morgan fingerprint density at radius 1 is 1.34 bits per heavy atom. The highest BCUT2D eigenvalue weighted by atomic mass is 79.9. The SMILES string of the molecule is CCOc1cc(/C=C2/SC(=O)N(CC(=O)N3CCC(C)CC3)C2=O)cc(Br)c1O. The van der Waals surface area contributed by atoms with Crippen LogP contribution in [0.1, 0.15) is 32.3 Å². The number of likely N-dealkylation sites (tertiary alicyclic amines) is 1. The van der Waals surface area contributed by atoms with E-state index < -0.39 is 11.1 Å². The molecule has 9 heteroatoms. The summed E-state index contributed by atoms with van der Waals surface area (Å²) in [7, 11) is 0. The quantitative estimate of drug-likeness (QED) is 0.641. The number of piperidine rings is 1. The van der Waals surface area contributed by atoms with E-state index in [0.29, 0.717) is 35.7 Å². The van der Waals surface area contributed by atoms with Crippen LogP contribution < -0.4 is 4.74 Å². The monoisotopic (exact) mass is 482 g/mol. The molecule has 2 saturated heterocycles. The number of hydrogen-bond donors (Lipinski definition) is 1. The third kappa shape index (κ3) is 4.95. The first kappa shape index (κ1) is 21.7. The molecular weight excluding hydrogens is 460 g/mol. The number of phenolic OH excluding ortho intramolecular Hbond substituents is 1. The Labute approximate surface area is 182 Å². The number of halogens is 1. The Morgan fingerprint density at radius 3 is 2.69 bits per heavy atom. The zero-order valence-electron chi connectivity index (χ0n) is 16.3. The van der Waals surface area contributed by atoms with Crippen LogP contribution in [-0.2, 0) is 9.59 Å². The summed E-state index contributed by atoms with van der Waals surface area (Å²) in [5, 5.41) is 9.56. The maximum Gasteiger partial charge on any atom is 0.294 e. The first-order valence-electron chi connectivity index (χ1n) is 9.48. The van der Waals surface area contributed by atoms with Gasteiger partial charge in [-0.15, -0.1) is 0 Å². The Bertz CT molecular complexity index is 865. The van der Waals surface area contributed by atoms with Gasteiger partial charge in [0.05, 0.1) is 16.0 Å². The minimum absolute atomic E-state index is 0.0291. The van der Waals surface area contributed by atoms with E-state index in [1.165, 1.54) is 0 Å². The number of nitrogens with zero attached hydrogens (tertiary/aromatic N) is 2. The van der Waals surface area contributed by atoms with Crippen LogP contribution in [-0.4, -0.2) is 58.2 Å². The zero-order valence-corrected chi connectivity index (χ0v) is 18.7. The van der Waals surface area contributed by atoms with Gasteiger partial charge >= 0.3 is 0 Å². The number of phenols is 1. The molecular formula is C20H23BrN2O5S. The number of benzene rings is 1. The van der Waals surface area contributed by atoms with Crippen molar-refractivity contribution in [2.45, 2.75) is 26.7 Å². The molecule has 7 nitrogen and oxygen atoms in total. The Kier molecular flexibility index (Phi) is 6.89. The zero-order chi connectivity index (χ0) is 21.1. The molecule has 0 saturated carbocycles. The summed E-state index contributed by atoms with van der Waals surface area (Å²) in [5.41, 5.74) is 0.597. The number of ether oxygens (including phenoxy) is 1. The van der Waals surface area contributed by atoms with E-state index >= 15 is 0 Å². The fourth-order valence-corrected chi connectivity index (χ4v) is 4.52. The Hall–Kier alpha value is -2.00.